The van der Waals surface area contributed by atoms with E-state index in [4.69, 9.17) is 21.0 Å². The van der Waals surface area contributed by atoms with E-state index in [0.717, 1.165) is 72.0 Å². The third-order valence-electron chi connectivity index (χ3n) is 6.59. The minimum Gasteiger partial charge on any atom is -0.460 e. The first-order valence-electron chi connectivity index (χ1n) is 11.7. The minimum atomic E-state index is 0.362. The van der Waals surface area contributed by atoms with Gasteiger partial charge in [0.25, 0.3) is 0 Å². The van der Waals surface area contributed by atoms with E-state index < -0.39 is 0 Å². The summed E-state index contributed by atoms with van der Waals surface area (Å²) in [5.41, 5.74) is 4.63. The fourth-order valence-corrected chi connectivity index (χ4v) is 4.99. The van der Waals surface area contributed by atoms with Gasteiger partial charge in [0.05, 0.1) is 12.2 Å². The van der Waals surface area contributed by atoms with Crippen molar-refractivity contribution in [1.29, 1.82) is 0 Å². The van der Waals surface area contributed by atoms with Crippen LogP contribution in [0.15, 0.2) is 71.3 Å². The van der Waals surface area contributed by atoms with Crippen LogP contribution in [0, 0.1) is 0 Å². The Labute approximate surface area is 203 Å². The van der Waals surface area contributed by atoms with Crippen molar-refractivity contribution in [2.24, 2.45) is 0 Å². The molecule has 6 rings (SSSR count). The smallest absolute Gasteiger partial charge is 0.151 e. The molecule has 0 atom stereocenters. The lowest BCUT2D eigenvalue weighted by Gasteiger charge is -2.32. The van der Waals surface area contributed by atoms with E-state index in [9.17, 15) is 0 Å². The lowest BCUT2D eigenvalue weighted by Crippen LogP contribution is -2.39. The Bertz CT molecular complexity index is 1440. The zero-order valence-electron chi connectivity index (χ0n) is 19.0. The minimum absolute atomic E-state index is 0.362. The zero-order valence-corrected chi connectivity index (χ0v) is 19.8. The predicted octanol–water partition coefficient (Wildman–Crippen LogP) is 4.13. The summed E-state index contributed by atoms with van der Waals surface area (Å²) in [4.78, 5) is 7.32. The molecule has 5 aromatic rings. The molecule has 1 saturated heterocycles. The molecular formula is C26H25BClN5O. The van der Waals surface area contributed by atoms with Gasteiger partial charge in [0, 0.05) is 47.4 Å². The van der Waals surface area contributed by atoms with Crippen LogP contribution < -0.4 is 10.8 Å². The van der Waals surface area contributed by atoms with Gasteiger partial charge in [-0.3, -0.25) is 4.90 Å². The summed E-state index contributed by atoms with van der Waals surface area (Å²) in [7, 11) is 2.03. The molecule has 8 heteroatoms. The number of hydrogen-bond acceptors (Lipinski definition) is 5. The number of nitrogens with one attached hydrogen (secondary N) is 1. The standard InChI is InChI=1S/C26H25BClN5O/c27-21-15-29-33-25(14-23(31-26(21)33)20-6-2-3-7-22(20)28)30-18-9-11-32(12-10-18)16-19-13-17-5-1-4-8-24(17)34-19/h1-8,13-15,18,30H,9-12,16,27H2. The van der Waals surface area contributed by atoms with Gasteiger partial charge in [-0.25, -0.2) is 4.98 Å². The molecule has 6 nitrogen and oxygen atoms in total. The monoisotopic (exact) mass is 469 g/mol. The van der Waals surface area contributed by atoms with Crippen LogP contribution in [0.25, 0.3) is 27.9 Å². The summed E-state index contributed by atoms with van der Waals surface area (Å²) >= 11 is 6.48. The third kappa shape index (κ3) is 4.06. The van der Waals surface area contributed by atoms with Gasteiger partial charge < -0.3 is 9.73 Å². The molecule has 0 radical (unpaired) electrons. The zero-order chi connectivity index (χ0) is 23.1. The number of anilines is 1. The first-order chi connectivity index (χ1) is 16.6. The van der Waals surface area contributed by atoms with Crippen LogP contribution >= 0.6 is 11.6 Å². The van der Waals surface area contributed by atoms with Crippen molar-refractivity contribution in [3.05, 3.63) is 77.6 Å². The van der Waals surface area contributed by atoms with Gasteiger partial charge in [0.1, 0.15) is 25.0 Å². The summed E-state index contributed by atoms with van der Waals surface area (Å²) < 4.78 is 7.92. The van der Waals surface area contributed by atoms with Gasteiger partial charge in [-0.1, -0.05) is 48.0 Å². The summed E-state index contributed by atoms with van der Waals surface area (Å²) in [6, 6.07) is 20.6. The van der Waals surface area contributed by atoms with Crippen molar-refractivity contribution < 1.29 is 4.42 Å². The lowest BCUT2D eigenvalue weighted by molar-refractivity contribution is 0.198. The molecule has 0 unspecified atom stereocenters. The summed E-state index contributed by atoms with van der Waals surface area (Å²) in [5.74, 6) is 1.98. The van der Waals surface area contributed by atoms with Crippen molar-refractivity contribution in [2.45, 2.75) is 25.4 Å². The highest BCUT2D eigenvalue weighted by Crippen LogP contribution is 2.29. The van der Waals surface area contributed by atoms with Crippen LogP contribution in [0.1, 0.15) is 18.6 Å². The normalized spacial score (nSPS) is 15.3. The van der Waals surface area contributed by atoms with Gasteiger partial charge in [0.15, 0.2) is 5.65 Å². The van der Waals surface area contributed by atoms with E-state index in [1.165, 1.54) is 5.39 Å². The molecule has 0 saturated carbocycles. The molecule has 1 N–H and O–H groups in total. The molecule has 0 aliphatic carbocycles. The Morgan fingerprint density at radius 3 is 2.68 bits per heavy atom. The van der Waals surface area contributed by atoms with E-state index in [1.54, 1.807) is 0 Å². The fourth-order valence-electron chi connectivity index (χ4n) is 4.76. The molecule has 1 aliphatic rings. The van der Waals surface area contributed by atoms with Crippen molar-refractivity contribution in [2.75, 3.05) is 18.4 Å². The summed E-state index contributed by atoms with van der Waals surface area (Å²) in [5, 5.41) is 10.2. The first-order valence-corrected chi connectivity index (χ1v) is 12.1. The van der Waals surface area contributed by atoms with Gasteiger partial charge in [0.2, 0.25) is 0 Å². The lowest BCUT2D eigenvalue weighted by atomic mass is 10.0. The van der Waals surface area contributed by atoms with Gasteiger partial charge >= 0.3 is 0 Å². The van der Waals surface area contributed by atoms with Crippen molar-refractivity contribution in [3.63, 3.8) is 0 Å². The highest BCUT2D eigenvalue weighted by atomic mass is 35.5. The van der Waals surface area contributed by atoms with Crippen molar-refractivity contribution in [1.82, 2.24) is 19.5 Å². The Kier molecular flexibility index (Phi) is 5.51. The molecule has 170 valence electrons. The number of benzene rings is 2. The maximum Gasteiger partial charge on any atom is 0.151 e. The quantitative estimate of drug-likeness (QED) is 0.392. The topological polar surface area (TPSA) is 58.6 Å². The van der Waals surface area contributed by atoms with E-state index in [-0.39, 0.29) is 0 Å². The van der Waals surface area contributed by atoms with Crippen LogP contribution in [0.4, 0.5) is 5.82 Å². The fraction of sp³-hybridized carbons (Fsp3) is 0.231. The molecule has 1 aliphatic heterocycles. The molecule has 0 spiro atoms. The second-order valence-corrected chi connectivity index (χ2v) is 9.42. The SMILES string of the molecule is Bc1cnn2c(NC3CCN(Cc4cc5ccccc5o4)CC3)cc(-c3ccccc3Cl)nc12. The Balaban J connectivity index is 1.19. The van der Waals surface area contributed by atoms with Gasteiger partial charge in [-0.2, -0.15) is 9.61 Å². The van der Waals surface area contributed by atoms with Crippen LogP contribution in [0.5, 0.6) is 0 Å². The first kappa shape index (κ1) is 21.3. The molecule has 34 heavy (non-hydrogen) atoms. The average Bonchev–Trinajstić information content (AvgIpc) is 3.43. The van der Waals surface area contributed by atoms with Crippen LogP contribution in [0.3, 0.4) is 0 Å². The molecule has 0 amide bonds. The number of piperidine rings is 1. The molecular weight excluding hydrogens is 445 g/mol. The maximum absolute atomic E-state index is 6.48. The average molecular weight is 470 g/mol. The highest BCUT2D eigenvalue weighted by Gasteiger charge is 2.22. The molecule has 1 fully saturated rings. The second kappa shape index (κ2) is 8.82. The van der Waals surface area contributed by atoms with Crippen molar-refractivity contribution >= 4 is 47.3 Å². The van der Waals surface area contributed by atoms with Crippen LogP contribution in [0.2, 0.25) is 5.02 Å². The predicted molar refractivity (Wildman–Crippen MR) is 140 cm³/mol. The van der Waals surface area contributed by atoms with Crippen molar-refractivity contribution in [3.8, 4) is 11.3 Å². The molecule has 0 bridgehead atoms. The second-order valence-electron chi connectivity index (χ2n) is 9.01. The number of nitrogens with zero attached hydrogens (tertiary/aromatic N) is 4. The Hall–Kier alpha value is -3.29. The summed E-state index contributed by atoms with van der Waals surface area (Å²) in [6.45, 7) is 2.87. The largest absolute Gasteiger partial charge is 0.460 e. The van der Waals surface area contributed by atoms with E-state index in [1.807, 2.05) is 61.0 Å². The Morgan fingerprint density at radius 1 is 1.06 bits per heavy atom. The number of rotatable bonds is 5. The van der Waals surface area contributed by atoms with E-state index in [2.05, 4.69) is 33.5 Å². The Morgan fingerprint density at radius 2 is 1.85 bits per heavy atom. The number of para-hydroxylation sites is 1. The van der Waals surface area contributed by atoms with Gasteiger partial charge in [-0.15, -0.1) is 0 Å². The number of fused-ring (bicyclic) bond motifs is 2. The number of furan rings is 1. The summed E-state index contributed by atoms with van der Waals surface area (Å²) in [6.07, 6.45) is 3.96. The molecule has 3 aromatic heterocycles. The maximum atomic E-state index is 6.48. The van der Waals surface area contributed by atoms with E-state index in [0.29, 0.717) is 11.1 Å². The number of hydrogen-bond donors (Lipinski definition) is 1. The number of likely N-dealkylation sites (tertiary alicyclic amines) is 1. The number of halogens is 1. The van der Waals surface area contributed by atoms with Crippen LogP contribution in [-0.4, -0.2) is 46.5 Å². The number of aromatic nitrogens is 3. The van der Waals surface area contributed by atoms with Gasteiger partial charge in [-0.05, 0) is 36.5 Å². The molecule has 2 aromatic carbocycles. The highest BCUT2D eigenvalue weighted by molar-refractivity contribution is 6.36. The van der Waals surface area contributed by atoms with Crippen LogP contribution in [-0.2, 0) is 6.54 Å². The third-order valence-corrected chi connectivity index (χ3v) is 6.92. The molecule has 4 heterocycles. The van der Waals surface area contributed by atoms with E-state index >= 15 is 0 Å².